The highest BCUT2D eigenvalue weighted by Crippen LogP contribution is 2.29. The van der Waals surface area contributed by atoms with Crippen molar-refractivity contribution in [2.45, 2.75) is 51.7 Å². The molecule has 2 saturated heterocycles. The number of amides is 2. The smallest absolute Gasteiger partial charge is 0.255 e. The number of nitrogens with one attached hydrogen (secondary N) is 1. The average Bonchev–Trinajstić information content (AvgIpc) is 3.19. The maximum absolute atomic E-state index is 12.9. The van der Waals surface area contributed by atoms with Crippen LogP contribution in [0, 0.1) is 6.92 Å². The molecular formula is C29H33N3O4. The number of Topliss-reactive ketones (excluding diaryl/α,β-unsaturated/α-hetero) is 1. The average molecular weight is 488 g/mol. The molecule has 0 aromatic heterocycles. The predicted octanol–water partition coefficient (Wildman–Crippen LogP) is 3.39. The van der Waals surface area contributed by atoms with E-state index >= 15 is 0 Å². The van der Waals surface area contributed by atoms with Crippen LogP contribution in [0.3, 0.4) is 0 Å². The summed E-state index contributed by atoms with van der Waals surface area (Å²) in [6.07, 6.45) is 2.29. The van der Waals surface area contributed by atoms with Crippen LogP contribution in [0.15, 0.2) is 48.7 Å². The minimum absolute atomic E-state index is 0.104. The number of allylic oxidation sites excluding steroid dienone is 1. The molecule has 3 aliphatic rings. The third-order valence-corrected chi connectivity index (χ3v) is 7.50. The Morgan fingerprint density at radius 2 is 1.94 bits per heavy atom. The molecule has 2 aromatic rings. The monoisotopic (exact) mass is 487 g/mol. The first-order chi connectivity index (χ1) is 17.4. The Labute approximate surface area is 212 Å². The van der Waals surface area contributed by atoms with E-state index in [0.29, 0.717) is 43.5 Å². The van der Waals surface area contributed by atoms with E-state index in [1.807, 2.05) is 30.3 Å². The van der Waals surface area contributed by atoms with Crippen LogP contribution < -0.4 is 5.32 Å². The van der Waals surface area contributed by atoms with E-state index < -0.39 is 6.04 Å². The number of carbonyl (C=O) groups is 3. The number of piperidine rings is 1. The van der Waals surface area contributed by atoms with Gasteiger partial charge in [-0.05, 0) is 60.6 Å². The van der Waals surface area contributed by atoms with Gasteiger partial charge in [0.2, 0.25) is 5.91 Å². The summed E-state index contributed by atoms with van der Waals surface area (Å²) in [6, 6.07) is 11.3. The van der Waals surface area contributed by atoms with E-state index in [1.54, 1.807) is 4.90 Å². The molecule has 2 amide bonds. The van der Waals surface area contributed by atoms with Gasteiger partial charge >= 0.3 is 0 Å². The van der Waals surface area contributed by atoms with Gasteiger partial charge in [0.15, 0.2) is 5.78 Å². The van der Waals surface area contributed by atoms with Crippen molar-refractivity contribution in [1.29, 1.82) is 0 Å². The second kappa shape index (κ2) is 10.4. The van der Waals surface area contributed by atoms with E-state index in [1.165, 1.54) is 5.56 Å². The van der Waals surface area contributed by atoms with Crippen LogP contribution in [0.4, 0.5) is 0 Å². The number of fused-ring (bicyclic) bond motifs is 1. The van der Waals surface area contributed by atoms with Crippen molar-refractivity contribution < 1.29 is 19.1 Å². The van der Waals surface area contributed by atoms with Crippen LogP contribution in [-0.4, -0.2) is 59.7 Å². The molecule has 36 heavy (non-hydrogen) atoms. The fourth-order valence-electron chi connectivity index (χ4n) is 5.31. The zero-order chi connectivity index (χ0) is 25.2. The van der Waals surface area contributed by atoms with Crippen molar-refractivity contribution in [3.05, 3.63) is 82.1 Å². The molecule has 2 aromatic carbocycles. The fourth-order valence-corrected chi connectivity index (χ4v) is 5.31. The molecule has 7 nitrogen and oxygen atoms in total. The highest BCUT2D eigenvalue weighted by molar-refractivity contribution is 6.01. The lowest BCUT2D eigenvalue weighted by atomic mass is 9.97. The number of rotatable bonds is 7. The van der Waals surface area contributed by atoms with Crippen LogP contribution in [-0.2, 0) is 29.0 Å². The summed E-state index contributed by atoms with van der Waals surface area (Å²) in [6.45, 7) is 10.6. The molecule has 3 heterocycles. The zero-order valence-electron chi connectivity index (χ0n) is 20.8. The van der Waals surface area contributed by atoms with E-state index in [0.717, 1.165) is 55.1 Å². The van der Waals surface area contributed by atoms with E-state index in [4.69, 9.17) is 4.74 Å². The van der Waals surface area contributed by atoms with Gasteiger partial charge in [0.05, 0.1) is 13.2 Å². The number of benzene rings is 2. The second-order valence-electron chi connectivity index (χ2n) is 10.0. The molecule has 0 aliphatic carbocycles. The Bertz CT molecular complexity index is 1210. The van der Waals surface area contributed by atoms with Gasteiger partial charge in [-0.15, -0.1) is 0 Å². The molecule has 3 aliphatic heterocycles. The summed E-state index contributed by atoms with van der Waals surface area (Å²) in [5.74, 6) is -0.147. The van der Waals surface area contributed by atoms with Crippen molar-refractivity contribution in [3.8, 4) is 0 Å². The fraction of sp³-hybridized carbons (Fsp3) is 0.414. The predicted molar refractivity (Wildman–Crippen MR) is 137 cm³/mol. The third kappa shape index (κ3) is 5.13. The Hall–Kier alpha value is -3.29. The quantitative estimate of drug-likeness (QED) is 0.606. The summed E-state index contributed by atoms with van der Waals surface area (Å²) in [7, 11) is 0. The highest BCUT2D eigenvalue weighted by atomic mass is 16.5. The van der Waals surface area contributed by atoms with E-state index in [-0.39, 0.29) is 17.6 Å². The first-order valence-corrected chi connectivity index (χ1v) is 12.7. The molecule has 0 spiro atoms. The number of hydrogen-bond donors (Lipinski definition) is 1. The summed E-state index contributed by atoms with van der Waals surface area (Å²) >= 11 is 0. The number of nitrogens with zero attached hydrogens (tertiary/aromatic N) is 2. The number of ketones is 1. The van der Waals surface area contributed by atoms with E-state index in [2.05, 4.69) is 29.8 Å². The molecule has 7 heteroatoms. The topological polar surface area (TPSA) is 79.0 Å². The lowest BCUT2D eigenvalue weighted by molar-refractivity contribution is -0.126. The normalized spacial score (nSPS) is 20.4. The van der Waals surface area contributed by atoms with Gasteiger partial charge in [0.1, 0.15) is 6.04 Å². The molecule has 2 fully saturated rings. The highest BCUT2D eigenvalue weighted by Gasteiger charge is 2.38. The van der Waals surface area contributed by atoms with E-state index in [9.17, 15) is 14.4 Å². The van der Waals surface area contributed by atoms with Gasteiger partial charge in [-0.25, -0.2) is 0 Å². The molecule has 0 radical (unpaired) electrons. The van der Waals surface area contributed by atoms with Gasteiger partial charge in [-0.1, -0.05) is 30.8 Å². The SMILES string of the molecule is C=C1CCC(N2Cc3cc(CCC(=O)c4ccc(CN5CCOCC5)c(C)c4)ccc3C2=O)C(=O)N1. The Morgan fingerprint density at radius 1 is 1.14 bits per heavy atom. The van der Waals surface area contributed by atoms with Crippen LogP contribution >= 0.6 is 0 Å². The number of morpholine rings is 1. The molecular weight excluding hydrogens is 454 g/mol. The van der Waals surface area contributed by atoms with Crippen molar-refractivity contribution in [2.24, 2.45) is 0 Å². The van der Waals surface area contributed by atoms with Crippen molar-refractivity contribution in [1.82, 2.24) is 15.1 Å². The minimum atomic E-state index is -0.463. The maximum atomic E-state index is 12.9. The number of hydrogen-bond acceptors (Lipinski definition) is 5. The number of aryl methyl sites for hydroxylation is 2. The Morgan fingerprint density at radius 3 is 2.69 bits per heavy atom. The van der Waals surface area contributed by atoms with Crippen LogP contribution in [0.2, 0.25) is 0 Å². The zero-order valence-corrected chi connectivity index (χ0v) is 20.8. The Kier molecular flexibility index (Phi) is 7.03. The summed E-state index contributed by atoms with van der Waals surface area (Å²) in [4.78, 5) is 42.3. The van der Waals surface area contributed by atoms with Gasteiger partial charge in [0.25, 0.3) is 5.91 Å². The van der Waals surface area contributed by atoms with Crippen LogP contribution in [0.25, 0.3) is 0 Å². The second-order valence-corrected chi connectivity index (χ2v) is 10.0. The van der Waals surface area contributed by atoms with Gasteiger partial charge in [-0.2, -0.15) is 0 Å². The summed E-state index contributed by atoms with van der Waals surface area (Å²) in [5.41, 5.74) is 6.43. The standard InChI is InChI=1S/C29H33N3O4/c1-19-15-22(6-7-23(19)17-31-11-13-36-14-12-31)27(33)10-5-21-4-8-25-24(16-21)18-32(29(25)35)26-9-3-20(2)30-28(26)34/h4,6-8,15-16,26H,2-3,5,9-14,17-18H2,1H3,(H,30,34). The molecule has 1 atom stereocenters. The summed E-state index contributed by atoms with van der Waals surface area (Å²) < 4.78 is 5.43. The van der Waals surface area contributed by atoms with Gasteiger partial charge in [0, 0.05) is 49.4 Å². The van der Waals surface area contributed by atoms with Crippen molar-refractivity contribution in [3.63, 3.8) is 0 Å². The molecule has 0 bridgehead atoms. The largest absolute Gasteiger partial charge is 0.379 e. The minimum Gasteiger partial charge on any atom is -0.379 e. The molecule has 5 rings (SSSR count). The van der Waals surface area contributed by atoms with Gasteiger partial charge < -0.3 is 15.0 Å². The van der Waals surface area contributed by atoms with Gasteiger partial charge in [-0.3, -0.25) is 19.3 Å². The van der Waals surface area contributed by atoms with Crippen molar-refractivity contribution in [2.75, 3.05) is 26.3 Å². The Balaban J connectivity index is 1.19. The van der Waals surface area contributed by atoms with Crippen molar-refractivity contribution >= 4 is 17.6 Å². The lowest BCUT2D eigenvalue weighted by Crippen LogP contribution is -2.49. The van der Waals surface area contributed by atoms with Crippen LogP contribution in [0.5, 0.6) is 0 Å². The number of carbonyl (C=O) groups excluding carboxylic acids is 3. The molecule has 1 unspecified atom stereocenters. The number of ether oxygens (including phenoxy) is 1. The molecule has 1 N–H and O–H groups in total. The maximum Gasteiger partial charge on any atom is 0.255 e. The third-order valence-electron chi connectivity index (χ3n) is 7.50. The first-order valence-electron chi connectivity index (χ1n) is 12.7. The first kappa shape index (κ1) is 24.4. The summed E-state index contributed by atoms with van der Waals surface area (Å²) in [5, 5.41) is 2.77. The molecule has 0 saturated carbocycles. The van der Waals surface area contributed by atoms with Crippen LogP contribution in [0.1, 0.15) is 62.2 Å². The molecule has 188 valence electrons. The lowest BCUT2D eigenvalue weighted by Gasteiger charge is -2.30.